The van der Waals surface area contributed by atoms with E-state index in [2.05, 4.69) is 45.7 Å². The second-order valence-corrected chi connectivity index (χ2v) is 7.44. The van der Waals surface area contributed by atoms with Gasteiger partial charge in [-0.05, 0) is 23.6 Å². The number of nitrogens with one attached hydrogen (secondary N) is 2. The number of ether oxygens (including phenoxy) is 2. The van der Waals surface area contributed by atoms with Crippen LogP contribution in [0.4, 0.5) is 8.78 Å². The van der Waals surface area contributed by atoms with Crippen molar-refractivity contribution in [2.24, 2.45) is 4.99 Å². The van der Waals surface area contributed by atoms with Gasteiger partial charge in [-0.1, -0.05) is 19.9 Å². The predicted octanol–water partition coefficient (Wildman–Crippen LogP) is 4.62. The molecule has 0 spiro atoms. The molecule has 0 aliphatic carbocycles. The highest BCUT2D eigenvalue weighted by Gasteiger charge is 2.22. The molecule has 9 heteroatoms. The Kier molecular flexibility index (Phi) is 9.94. The van der Waals surface area contributed by atoms with E-state index >= 15 is 0 Å². The Morgan fingerprint density at radius 2 is 2.00 bits per heavy atom. The number of thiophene rings is 1. The quantitative estimate of drug-likeness (QED) is 0.300. The molecule has 0 unspecified atom stereocenters. The number of halogens is 3. The minimum atomic E-state index is -2.90. The van der Waals surface area contributed by atoms with E-state index in [9.17, 15) is 8.78 Å². The van der Waals surface area contributed by atoms with Gasteiger partial charge in [-0.2, -0.15) is 8.78 Å². The molecule has 0 fully saturated rings. The molecule has 2 N–H and O–H groups in total. The van der Waals surface area contributed by atoms with Gasteiger partial charge in [0.05, 0.1) is 7.11 Å². The van der Waals surface area contributed by atoms with Crippen LogP contribution in [0.5, 0.6) is 11.5 Å². The minimum absolute atomic E-state index is 0. The highest BCUT2D eigenvalue weighted by atomic mass is 127. The van der Waals surface area contributed by atoms with E-state index in [1.165, 1.54) is 18.1 Å². The molecule has 0 bridgehead atoms. The van der Waals surface area contributed by atoms with Crippen LogP contribution in [0.25, 0.3) is 0 Å². The van der Waals surface area contributed by atoms with Crippen molar-refractivity contribution < 1.29 is 18.3 Å². The number of benzene rings is 1. The van der Waals surface area contributed by atoms with E-state index in [1.807, 2.05) is 6.07 Å². The van der Waals surface area contributed by atoms with Crippen LogP contribution in [0.15, 0.2) is 40.7 Å². The Morgan fingerprint density at radius 3 is 2.57 bits per heavy atom. The average Bonchev–Trinajstić information content (AvgIpc) is 3.18. The summed E-state index contributed by atoms with van der Waals surface area (Å²) in [7, 11) is 3.14. The summed E-state index contributed by atoms with van der Waals surface area (Å²) in [6.45, 7) is 2.36. The number of nitrogens with zero attached hydrogens (tertiary/aromatic N) is 1. The largest absolute Gasteiger partial charge is 0.497 e. The lowest BCUT2D eigenvalue weighted by atomic mass is 9.91. The van der Waals surface area contributed by atoms with Gasteiger partial charge < -0.3 is 20.1 Å². The second-order valence-electron chi connectivity index (χ2n) is 6.49. The summed E-state index contributed by atoms with van der Waals surface area (Å²) in [6.07, 6.45) is 0. The third kappa shape index (κ3) is 7.08. The second kappa shape index (κ2) is 11.4. The fraction of sp³-hybridized carbons (Fsp3) is 0.421. The summed E-state index contributed by atoms with van der Waals surface area (Å²) in [5, 5.41) is 8.47. The van der Waals surface area contributed by atoms with E-state index in [0.717, 1.165) is 0 Å². The maximum Gasteiger partial charge on any atom is 0.387 e. The van der Waals surface area contributed by atoms with Crippen molar-refractivity contribution in [2.45, 2.75) is 32.4 Å². The van der Waals surface area contributed by atoms with E-state index in [-0.39, 0.29) is 41.7 Å². The number of guanidine groups is 1. The van der Waals surface area contributed by atoms with Crippen LogP contribution in [-0.2, 0) is 12.0 Å². The first kappa shape index (κ1) is 24.4. The molecule has 1 aromatic carbocycles. The summed E-state index contributed by atoms with van der Waals surface area (Å²) >= 11 is 1.71. The number of aliphatic imine (C=N–C) groups is 1. The molecule has 156 valence electrons. The molecule has 5 nitrogen and oxygen atoms in total. The smallest absolute Gasteiger partial charge is 0.387 e. The van der Waals surface area contributed by atoms with Crippen molar-refractivity contribution in [1.82, 2.24) is 10.6 Å². The Hall–Kier alpha value is -1.62. The molecule has 2 rings (SSSR count). The lowest BCUT2D eigenvalue weighted by Gasteiger charge is -2.25. The molecule has 0 amide bonds. The number of hydrogen-bond donors (Lipinski definition) is 2. The molecule has 0 saturated carbocycles. The zero-order valence-electron chi connectivity index (χ0n) is 16.3. The van der Waals surface area contributed by atoms with Crippen LogP contribution in [0.3, 0.4) is 0 Å². The van der Waals surface area contributed by atoms with Gasteiger partial charge in [0.2, 0.25) is 0 Å². The van der Waals surface area contributed by atoms with E-state index in [0.29, 0.717) is 23.8 Å². The van der Waals surface area contributed by atoms with Crippen LogP contribution in [0.1, 0.15) is 24.3 Å². The van der Waals surface area contributed by atoms with Crippen molar-refractivity contribution in [3.05, 3.63) is 46.2 Å². The topological polar surface area (TPSA) is 54.9 Å². The molecular formula is C19H26F2IN3O2S. The van der Waals surface area contributed by atoms with Crippen molar-refractivity contribution >= 4 is 41.3 Å². The van der Waals surface area contributed by atoms with Crippen molar-refractivity contribution in [2.75, 3.05) is 20.7 Å². The Bertz CT molecular complexity index is 756. The fourth-order valence-corrected chi connectivity index (χ4v) is 3.32. The molecule has 28 heavy (non-hydrogen) atoms. The number of hydrogen-bond acceptors (Lipinski definition) is 4. The minimum Gasteiger partial charge on any atom is -0.497 e. The van der Waals surface area contributed by atoms with Crippen LogP contribution >= 0.6 is 35.3 Å². The van der Waals surface area contributed by atoms with E-state index in [1.54, 1.807) is 30.5 Å². The molecule has 0 atom stereocenters. The van der Waals surface area contributed by atoms with Gasteiger partial charge in [0.25, 0.3) is 0 Å². The van der Waals surface area contributed by atoms with Crippen molar-refractivity contribution in [3.8, 4) is 11.5 Å². The van der Waals surface area contributed by atoms with Crippen LogP contribution < -0.4 is 20.1 Å². The summed E-state index contributed by atoms with van der Waals surface area (Å²) in [6, 6.07) is 8.97. The zero-order valence-corrected chi connectivity index (χ0v) is 19.4. The summed E-state index contributed by atoms with van der Waals surface area (Å²) < 4.78 is 35.0. The fourth-order valence-electron chi connectivity index (χ4n) is 2.47. The van der Waals surface area contributed by atoms with Gasteiger partial charge >= 0.3 is 6.61 Å². The van der Waals surface area contributed by atoms with Crippen LogP contribution in [0.2, 0.25) is 0 Å². The maximum atomic E-state index is 12.7. The Balaban J connectivity index is 0.00000392. The van der Waals surface area contributed by atoms with Crippen molar-refractivity contribution in [3.63, 3.8) is 0 Å². The first-order valence-corrected chi connectivity index (χ1v) is 9.34. The summed E-state index contributed by atoms with van der Waals surface area (Å²) in [4.78, 5) is 5.47. The highest BCUT2D eigenvalue weighted by molar-refractivity contribution is 14.0. The maximum absolute atomic E-state index is 12.7. The van der Waals surface area contributed by atoms with Gasteiger partial charge in [-0.3, -0.25) is 4.99 Å². The van der Waals surface area contributed by atoms with Gasteiger partial charge in [0.15, 0.2) is 5.96 Å². The normalized spacial score (nSPS) is 11.8. The molecule has 0 aliphatic rings. The Labute approximate surface area is 185 Å². The molecular weight excluding hydrogens is 499 g/mol. The monoisotopic (exact) mass is 525 g/mol. The molecule has 1 heterocycles. The van der Waals surface area contributed by atoms with Crippen molar-refractivity contribution in [1.29, 1.82) is 0 Å². The number of methoxy groups -OCH3 is 1. The van der Waals surface area contributed by atoms with Gasteiger partial charge in [-0.25, -0.2) is 0 Å². The van der Waals surface area contributed by atoms with Gasteiger partial charge in [0.1, 0.15) is 11.5 Å². The zero-order chi connectivity index (χ0) is 19.9. The molecule has 1 aromatic heterocycles. The van der Waals surface area contributed by atoms with Crippen LogP contribution in [-0.4, -0.2) is 33.3 Å². The Morgan fingerprint density at radius 1 is 1.25 bits per heavy atom. The summed E-state index contributed by atoms with van der Waals surface area (Å²) in [5.41, 5.74) is 0.520. The first-order valence-electron chi connectivity index (χ1n) is 8.46. The lowest BCUT2D eigenvalue weighted by molar-refractivity contribution is -0.0505. The van der Waals surface area contributed by atoms with E-state index < -0.39 is 6.61 Å². The third-order valence-corrected chi connectivity index (χ3v) is 5.28. The summed E-state index contributed by atoms with van der Waals surface area (Å²) in [5.74, 6) is 1.11. The number of alkyl halides is 2. The molecule has 0 aliphatic heterocycles. The number of rotatable bonds is 8. The molecule has 0 radical (unpaired) electrons. The third-order valence-electron chi connectivity index (χ3n) is 4.05. The average molecular weight is 525 g/mol. The van der Waals surface area contributed by atoms with E-state index in [4.69, 9.17) is 4.74 Å². The standard InChI is InChI=1S/C19H25F2N3O2S.HI/c1-19(2,16-6-5-9-27-16)12-24-18(22-3)23-11-13-7-8-14(25-4)10-15(13)26-17(20)21;/h5-10,17H,11-12H2,1-4H3,(H2,22,23,24);1H. The van der Waals surface area contributed by atoms with Gasteiger partial charge in [-0.15, -0.1) is 35.3 Å². The van der Waals surface area contributed by atoms with Crippen LogP contribution in [0, 0.1) is 0 Å². The SMILES string of the molecule is CN=C(NCc1ccc(OC)cc1OC(F)F)NCC(C)(C)c1cccs1.I. The predicted molar refractivity (Wildman–Crippen MR) is 121 cm³/mol. The first-order chi connectivity index (χ1) is 12.9. The molecule has 0 saturated heterocycles. The lowest BCUT2D eigenvalue weighted by Crippen LogP contribution is -2.43. The van der Waals surface area contributed by atoms with Gasteiger partial charge in [0, 0.05) is 42.1 Å². The highest BCUT2D eigenvalue weighted by Crippen LogP contribution is 2.27. The molecule has 2 aromatic rings.